The highest BCUT2D eigenvalue weighted by Crippen LogP contribution is 2.24. The highest BCUT2D eigenvalue weighted by Gasteiger charge is 2.10. The average Bonchev–Trinajstić information content (AvgIpc) is 2.63. The number of nitrogens with one attached hydrogen (secondary N) is 1. The molecular weight excluding hydrogens is 236 g/mol. The minimum atomic E-state index is 0.307. The van der Waals surface area contributed by atoms with Crippen molar-refractivity contribution in [2.75, 3.05) is 13.2 Å². The molecule has 1 heterocycles. The van der Waals surface area contributed by atoms with Crippen LogP contribution in [0.25, 0.3) is 10.9 Å². The van der Waals surface area contributed by atoms with Gasteiger partial charge in [-0.15, -0.1) is 0 Å². The van der Waals surface area contributed by atoms with Crippen molar-refractivity contribution in [3.63, 3.8) is 0 Å². The summed E-state index contributed by atoms with van der Waals surface area (Å²) in [6.07, 6.45) is 0.307. The molecule has 0 radical (unpaired) electrons. The molecule has 104 valence electrons. The number of hydrogen-bond donors (Lipinski definition) is 1. The number of nitrogens with zero attached hydrogens (tertiary/aromatic N) is 1. The Morgan fingerprint density at radius 1 is 1.26 bits per heavy atom. The van der Waals surface area contributed by atoms with Gasteiger partial charge in [-0.05, 0) is 32.4 Å². The summed E-state index contributed by atoms with van der Waals surface area (Å²) in [6, 6.07) is 8.56. The predicted octanol–water partition coefficient (Wildman–Crippen LogP) is 3.00. The van der Waals surface area contributed by atoms with E-state index in [1.54, 1.807) is 0 Å². The number of benzene rings is 1. The Labute approximate surface area is 115 Å². The molecule has 3 heteroatoms. The van der Waals surface area contributed by atoms with Crippen LogP contribution in [-0.4, -0.2) is 23.8 Å². The number of ether oxygens (including phenoxy) is 1. The van der Waals surface area contributed by atoms with Gasteiger partial charge in [0, 0.05) is 36.7 Å². The summed E-state index contributed by atoms with van der Waals surface area (Å²) in [6.45, 7) is 8.87. The molecule has 2 rings (SSSR count). The lowest BCUT2D eigenvalue weighted by Crippen LogP contribution is -2.22. The summed E-state index contributed by atoms with van der Waals surface area (Å²) < 4.78 is 7.81. The zero-order chi connectivity index (χ0) is 13.8. The second-order valence-corrected chi connectivity index (χ2v) is 5.24. The van der Waals surface area contributed by atoms with Crippen LogP contribution in [0.4, 0.5) is 0 Å². The second-order valence-electron chi connectivity index (χ2n) is 5.24. The smallest absolute Gasteiger partial charge is 0.0594 e. The summed E-state index contributed by atoms with van der Waals surface area (Å²) in [5.74, 6) is 0. The molecule has 0 aliphatic rings. The van der Waals surface area contributed by atoms with E-state index < -0.39 is 0 Å². The first kappa shape index (κ1) is 14.1. The van der Waals surface area contributed by atoms with Gasteiger partial charge >= 0.3 is 0 Å². The minimum absolute atomic E-state index is 0.307. The van der Waals surface area contributed by atoms with Crippen molar-refractivity contribution >= 4 is 10.9 Å². The molecule has 0 saturated heterocycles. The first-order valence-electron chi connectivity index (χ1n) is 6.96. The number of fused-ring (bicyclic) bond motifs is 1. The number of aromatic nitrogens is 1. The number of rotatable bonds is 6. The number of aryl methyl sites for hydroxylation is 2. The van der Waals surface area contributed by atoms with Gasteiger partial charge in [0.25, 0.3) is 0 Å². The Hall–Kier alpha value is -1.32. The van der Waals surface area contributed by atoms with Crippen LogP contribution in [0.2, 0.25) is 0 Å². The van der Waals surface area contributed by atoms with E-state index in [2.05, 4.69) is 62.0 Å². The molecule has 0 bridgehead atoms. The standard InChI is InChI=1S/C16H24N2O/c1-12(2)19-10-9-17-11-16-13(3)14-7-5-6-8-15(14)18(16)4/h5-8,12,17H,9-11H2,1-4H3. The molecule has 1 N–H and O–H groups in total. The molecular formula is C16H24N2O. The summed E-state index contributed by atoms with van der Waals surface area (Å²) in [7, 11) is 2.14. The quantitative estimate of drug-likeness (QED) is 0.808. The van der Waals surface area contributed by atoms with Gasteiger partial charge in [-0.25, -0.2) is 0 Å². The van der Waals surface area contributed by atoms with Crippen LogP contribution >= 0.6 is 0 Å². The van der Waals surface area contributed by atoms with E-state index in [1.807, 2.05) is 0 Å². The van der Waals surface area contributed by atoms with Crippen LogP contribution in [0, 0.1) is 6.92 Å². The molecule has 0 spiro atoms. The van der Waals surface area contributed by atoms with E-state index in [-0.39, 0.29) is 0 Å². The zero-order valence-corrected chi connectivity index (χ0v) is 12.4. The number of hydrogen-bond acceptors (Lipinski definition) is 2. The fourth-order valence-electron chi connectivity index (χ4n) is 2.46. The van der Waals surface area contributed by atoms with Crippen molar-refractivity contribution in [2.45, 2.75) is 33.4 Å². The van der Waals surface area contributed by atoms with Crippen LogP contribution in [0.5, 0.6) is 0 Å². The van der Waals surface area contributed by atoms with Crippen LogP contribution in [0.15, 0.2) is 24.3 Å². The van der Waals surface area contributed by atoms with E-state index in [4.69, 9.17) is 4.74 Å². The first-order valence-corrected chi connectivity index (χ1v) is 6.96. The Kier molecular flexibility index (Phi) is 4.61. The maximum Gasteiger partial charge on any atom is 0.0594 e. The molecule has 2 aromatic rings. The predicted molar refractivity (Wildman–Crippen MR) is 80.5 cm³/mol. The van der Waals surface area contributed by atoms with E-state index in [0.29, 0.717) is 6.10 Å². The zero-order valence-electron chi connectivity index (χ0n) is 12.4. The molecule has 0 amide bonds. The summed E-state index contributed by atoms with van der Waals surface area (Å²) in [5, 5.41) is 4.80. The van der Waals surface area contributed by atoms with Crippen molar-refractivity contribution in [3.05, 3.63) is 35.5 Å². The van der Waals surface area contributed by atoms with Crippen LogP contribution in [0.3, 0.4) is 0 Å². The van der Waals surface area contributed by atoms with Gasteiger partial charge in [-0.1, -0.05) is 18.2 Å². The SMILES string of the molecule is Cc1c(CNCCOC(C)C)n(C)c2ccccc12. The van der Waals surface area contributed by atoms with Gasteiger partial charge in [0.2, 0.25) is 0 Å². The highest BCUT2D eigenvalue weighted by atomic mass is 16.5. The number of para-hydroxylation sites is 1. The molecule has 0 fully saturated rings. The van der Waals surface area contributed by atoms with Crippen LogP contribution in [0.1, 0.15) is 25.1 Å². The molecule has 0 aliphatic heterocycles. The fraction of sp³-hybridized carbons (Fsp3) is 0.500. The summed E-state index contributed by atoms with van der Waals surface area (Å²) in [4.78, 5) is 0. The molecule has 0 unspecified atom stereocenters. The minimum Gasteiger partial charge on any atom is -0.377 e. The van der Waals surface area contributed by atoms with Crippen LogP contribution in [-0.2, 0) is 18.3 Å². The van der Waals surface area contributed by atoms with Gasteiger partial charge < -0.3 is 14.6 Å². The lowest BCUT2D eigenvalue weighted by atomic mass is 10.1. The lowest BCUT2D eigenvalue weighted by molar-refractivity contribution is 0.0806. The van der Waals surface area contributed by atoms with Gasteiger partial charge in [0.05, 0.1) is 12.7 Å². The average molecular weight is 260 g/mol. The van der Waals surface area contributed by atoms with E-state index in [1.165, 1.54) is 22.2 Å². The van der Waals surface area contributed by atoms with Gasteiger partial charge in [-0.3, -0.25) is 0 Å². The second kappa shape index (κ2) is 6.22. The van der Waals surface area contributed by atoms with Crippen molar-refractivity contribution in [2.24, 2.45) is 7.05 Å². The van der Waals surface area contributed by atoms with Crippen molar-refractivity contribution < 1.29 is 4.74 Å². The summed E-state index contributed by atoms with van der Waals surface area (Å²) in [5.41, 5.74) is 4.02. The summed E-state index contributed by atoms with van der Waals surface area (Å²) >= 11 is 0. The Bertz CT molecular complexity index is 504. The molecule has 0 saturated carbocycles. The van der Waals surface area contributed by atoms with E-state index in [9.17, 15) is 0 Å². The van der Waals surface area contributed by atoms with E-state index in [0.717, 1.165) is 19.7 Å². The third-order valence-corrected chi connectivity index (χ3v) is 3.53. The Morgan fingerprint density at radius 2 is 2.00 bits per heavy atom. The molecule has 19 heavy (non-hydrogen) atoms. The Morgan fingerprint density at radius 3 is 2.68 bits per heavy atom. The third-order valence-electron chi connectivity index (χ3n) is 3.53. The van der Waals surface area contributed by atoms with Gasteiger partial charge in [0.15, 0.2) is 0 Å². The topological polar surface area (TPSA) is 26.2 Å². The molecule has 3 nitrogen and oxygen atoms in total. The molecule has 0 aliphatic carbocycles. The van der Waals surface area contributed by atoms with Crippen molar-refractivity contribution in [3.8, 4) is 0 Å². The largest absolute Gasteiger partial charge is 0.377 e. The van der Waals surface area contributed by atoms with Crippen LogP contribution < -0.4 is 5.32 Å². The highest BCUT2D eigenvalue weighted by molar-refractivity contribution is 5.85. The monoisotopic (exact) mass is 260 g/mol. The van der Waals surface area contributed by atoms with Gasteiger partial charge in [-0.2, -0.15) is 0 Å². The van der Waals surface area contributed by atoms with E-state index >= 15 is 0 Å². The molecule has 1 aromatic carbocycles. The third kappa shape index (κ3) is 3.17. The normalized spacial score (nSPS) is 11.6. The first-order chi connectivity index (χ1) is 9.11. The molecule has 1 aromatic heterocycles. The Balaban J connectivity index is 2.01. The van der Waals surface area contributed by atoms with Gasteiger partial charge in [0.1, 0.15) is 0 Å². The van der Waals surface area contributed by atoms with Crippen molar-refractivity contribution in [1.29, 1.82) is 0 Å². The maximum atomic E-state index is 5.53. The molecule has 0 atom stereocenters. The lowest BCUT2D eigenvalue weighted by Gasteiger charge is -2.10. The van der Waals surface area contributed by atoms with Crippen molar-refractivity contribution in [1.82, 2.24) is 9.88 Å². The maximum absolute atomic E-state index is 5.53. The fourth-order valence-corrected chi connectivity index (χ4v) is 2.46.